The van der Waals surface area contributed by atoms with E-state index in [9.17, 15) is 13.2 Å². The summed E-state index contributed by atoms with van der Waals surface area (Å²) in [4.78, 5) is 10.9. The summed E-state index contributed by atoms with van der Waals surface area (Å²) in [6.07, 6.45) is 1.14. The number of rotatable bonds is 5. The molecule has 0 aliphatic rings. The van der Waals surface area contributed by atoms with E-state index in [0.29, 0.717) is 10.7 Å². The summed E-state index contributed by atoms with van der Waals surface area (Å²) < 4.78 is 26.0. The number of halogens is 1. The summed E-state index contributed by atoms with van der Waals surface area (Å²) in [6.45, 7) is 0.824. The minimum Gasteiger partial charge on any atom is -0.480 e. The number of nitrogens with one attached hydrogen (secondary N) is 1. The molecule has 2 rings (SSSR count). The molecular formula is C12H12ClN3O4S. The van der Waals surface area contributed by atoms with E-state index < -0.39 is 22.5 Å². The number of H-pyrrole nitrogens is 1. The van der Waals surface area contributed by atoms with E-state index in [1.54, 1.807) is 12.1 Å². The van der Waals surface area contributed by atoms with Gasteiger partial charge in [-0.25, -0.2) is 8.42 Å². The lowest BCUT2D eigenvalue weighted by Crippen LogP contribution is -2.35. The molecule has 0 atom stereocenters. The van der Waals surface area contributed by atoms with Gasteiger partial charge in [0.25, 0.3) is 10.0 Å². The number of aliphatic carboxylic acids is 1. The number of hydrogen-bond acceptors (Lipinski definition) is 4. The van der Waals surface area contributed by atoms with Crippen LogP contribution in [0.5, 0.6) is 0 Å². The lowest BCUT2D eigenvalue weighted by atomic mass is 10.3. The molecule has 0 radical (unpaired) electrons. The second-order valence-corrected chi connectivity index (χ2v) is 6.51. The standard InChI is InChI=1S/C12H12ClN3O4S/c1-8-11(6-14-15-8)21(19,20)16(7-12(17)18)10-4-2-3-9(13)5-10/h2-6H,7H2,1H3,(H,14,15)(H,17,18). The van der Waals surface area contributed by atoms with Crippen molar-refractivity contribution in [2.45, 2.75) is 11.8 Å². The Morgan fingerprint density at radius 2 is 2.19 bits per heavy atom. The first-order valence-electron chi connectivity index (χ1n) is 5.82. The molecule has 0 fully saturated rings. The van der Waals surface area contributed by atoms with Crippen molar-refractivity contribution in [1.29, 1.82) is 0 Å². The van der Waals surface area contributed by atoms with Gasteiger partial charge in [0.2, 0.25) is 0 Å². The number of sulfonamides is 1. The Hall–Kier alpha value is -2.06. The molecule has 0 aliphatic carbocycles. The zero-order valence-electron chi connectivity index (χ0n) is 10.9. The summed E-state index contributed by atoms with van der Waals surface area (Å²) in [6, 6.07) is 5.98. The summed E-state index contributed by atoms with van der Waals surface area (Å²) >= 11 is 5.84. The Bertz CT molecular complexity index is 772. The summed E-state index contributed by atoms with van der Waals surface area (Å²) in [7, 11) is -4.05. The van der Waals surface area contributed by atoms with E-state index in [-0.39, 0.29) is 10.6 Å². The average molecular weight is 330 g/mol. The molecule has 0 saturated carbocycles. The van der Waals surface area contributed by atoms with Crippen molar-refractivity contribution in [3.8, 4) is 0 Å². The smallest absolute Gasteiger partial charge is 0.324 e. The summed E-state index contributed by atoms with van der Waals surface area (Å²) in [5, 5.41) is 15.5. The molecule has 1 aromatic carbocycles. The third-order valence-electron chi connectivity index (χ3n) is 2.73. The van der Waals surface area contributed by atoms with Crippen molar-refractivity contribution in [3.63, 3.8) is 0 Å². The average Bonchev–Trinajstić information content (AvgIpc) is 2.82. The number of aromatic nitrogens is 2. The molecule has 0 unspecified atom stereocenters. The number of carboxylic acid groups (broad SMARTS) is 1. The van der Waals surface area contributed by atoms with E-state index >= 15 is 0 Å². The van der Waals surface area contributed by atoms with Crippen molar-refractivity contribution in [3.05, 3.63) is 41.2 Å². The lowest BCUT2D eigenvalue weighted by Gasteiger charge is -2.22. The predicted octanol–water partition coefficient (Wildman–Crippen LogP) is 1.65. The van der Waals surface area contributed by atoms with Crippen LogP contribution in [0, 0.1) is 6.92 Å². The second-order valence-electron chi connectivity index (χ2n) is 4.24. The van der Waals surface area contributed by atoms with Crippen LogP contribution in [-0.2, 0) is 14.8 Å². The van der Waals surface area contributed by atoms with Crippen molar-refractivity contribution in [1.82, 2.24) is 10.2 Å². The lowest BCUT2D eigenvalue weighted by molar-refractivity contribution is -0.135. The molecule has 0 aliphatic heterocycles. The van der Waals surface area contributed by atoms with Crippen LogP contribution in [0.4, 0.5) is 5.69 Å². The van der Waals surface area contributed by atoms with Crippen molar-refractivity contribution in [2.24, 2.45) is 0 Å². The van der Waals surface area contributed by atoms with Crippen LogP contribution in [0.15, 0.2) is 35.4 Å². The van der Waals surface area contributed by atoms with Gasteiger partial charge in [-0.15, -0.1) is 0 Å². The maximum atomic E-state index is 12.6. The van der Waals surface area contributed by atoms with Gasteiger partial charge in [0.15, 0.2) is 0 Å². The van der Waals surface area contributed by atoms with Crippen LogP contribution in [0.3, 0.4) is 0 Å². The third kappa shape index (κ3) is 3.17. The highest BCUT2D eigenvalue weighted by Crippen LogP contribution is 2.26. The topological polar surface area (TPSA) is 103 Å². The monoisotopic (exact) mass is 329 g/mol. The molecule has 9 heteroatoms. The highest BCUT2D eigenvalue weighted by molar-refractivity contribution is 7.93. The maximum absolute atomic E-state index is 12.6. The van der Waals surface area contributed by atoms with Gasteiger partial charge >= 0.3 is 5.97 Å². The van der Waals surface area contributed by atoms with Crippen molar-refractivity contribution < 1.29 is 18.3 Å². The van der Waals surface area contributed by atoms with Crippen LogP contribution >= 0.6 is 11.6 Å². The number of anilines is 1. The molecule has 1 aromatic heterocycles. The fraction of sp³-hybridized carbons (Fsp3) is 0.167. The molecule has 7 nitrogen and oxygen atoms in total. The molecule has 2 aromatic rings. The number of carboxylic acids is 1. The van der Waals surface area contributed by atoms with Crippen LogP contribution in [0.2, 0.25) is 5.02 Å². The molecule has 2 N–H and O–H groups in total. The Balaban J connectivity index is 2.56. The highest BCUT2D eigenvalue weighted by Gasteiger charge is 2.29. The molecule has 0 bridgehead atoms. The Morgan fingerprint density at radius 3 is 2.71 bits per heavy atom. The van der Waals surface area contributed by atoms with Crippen LogP contribution in [0.1, 0.15) is 5.69 Å². The molecular weight excluding hydrogens is 318 g/mol. The van der Waals surface area contributed by atoms with Gasteiger partial charge in [-0.1, -0.05) is 17.7 Å². The van der Waals surface area contributed by atoms with Gasteiger partial charge in [-0.05, 0) is 25.1 Å². The van der Waals surface area contributed by atoms with Gasteiger partial charge in [-0.3, -0.25) is 14.2 Å². The predicted molar refractivity (Wildman–Crippen MR) is 76.9 cm³/mol. The van der Waals surface area contributed by atoms with E-state index in [2.05, 4.69) is 10.2 Å². The van der Waals surface area contributed by atoms with Gasteiger partial charge < -0.3 is 5.11 Å². The third-order valence-corrected chi connectivity index (χ3v) is 4.85. The summed E-state index contributed by atoms with van der Waals surface area (Å²) in [5.74, 6) is -1.28. The first-order valence-corrected chi connectivity index (χ1v) is 7.64. The number of aryl methyl sites for hydroxylation is 1. The number of aromatic amines is 1. The van der Waals surface area contributed by atoms with Gasteiger partial charge in [0.05, 0.1) is 17.6 Å². The second kappa shape index (κ2) is 5.74. The first kappa shape index (κ1) is 15.3. The SMILES string of the molecule is Cc1[nH]ncc1S(=O)(=O)N(CC(=O)O)c1cccc(Cl)c1. The van der Waals surface area contributed by atoms with Crippen molar-refractivity contribution >= 4 is 33.3 Å². The minimum atomic E-state index is -4.05. The van der Waals surface area contributed by atoms with Gasteiger partial charge in [0.1, 0.15) is 11.4 Å². The van der Waals surface area contributed by atoms with E-state index in [0.717, 1.165) is 10.5 Å². The van der Waals surface area contributed by atoms with E-state index in [1.807, 2.05) is 0 Å². The fourth-order valence-corrected chi connectivity index (χ4v) is 3.50. The summed E-state index contributed by atoms with van der Waals surface area (Å²) in [5.41, 5.74) is 0.498. The molecule has 1 heterocycles. The molecule has 0 amide bonds. The van der Waals surface area contributed by atoms with E-state index in [1.165, 1.54) is 19.1 Å². The highest BCUT2D eigenvalue weighted by atomic mass is 35.5. The zero-order chi connectivity index (χ0) is 15.6. The Morgan fingerprint density at radius 1 is 1.48 bits per heavy atom. The molecule has 0 saturated heterocycles. The van der Waals surface area contributed by atoms with Crippen LogP contribution in [0.25, 0.3) is 0 Å². The quantitative estimate of drug-likeness (QED) is 0.868. The zero-order valence-corrected chi connectivity index (χ0v) is 12.5. The largest absolute Gasteiger partial charge is 0.480 e. The van der Waals surface area contributed by atoms with Crippen LogP contribution in [-0.4, -0.2) is 36.2 Å². The maximum Gasteiger partial charge on any atom is 0.324 e. The minimum absolute atomic E-state index is 0.0799. The molecule has 21 heavy (non-hydrogen) atoms. The molecule has 0 spiro atoms. The number of nitrogens with zero attached hydrogens (tertiary/aromatic N) is 2. The number of benzene rings is 1. The number of carbonyl (C=O) groups is 1. The fourth-order valence-electron chi connectivity index (χ4n) is 1.79. The first-order chi connectivity index (χ1) is 9.82. The number of hydrogen-bond donors (Lipinski definition) is 2. The van der Waals surface area contributed by atoms with Gasteiger partial charge in [0, 0.05) is 5.02 Å². The Labute approximate surface area is 126 Å². The van der Waals surface area contributed by atoms with Gasteiger partial charge in [-0.2, -0.15) is 5.10 Å². The van der Waals surface area contributed by atoms with E-state index in [4.69, 9.17) is 16.7 Å². The molecule has 112 valence electrons. The van der Waals surface area contributed by atoms with Crippen molar-refractivity contribution in [2.75, 3.05) is 10.8 Å². The normalized spacial score (nSPS) is 11.3. The Kier molecular flexibility index (Phi) is 4.19. The van der Waals surface area contributed by atoms with Crippen LogP contribution < -0.4 is 4.31 Å².